The van der Waals surface area contributed by atoms with E-state index in [1.807, 2.05) is 11.0 Å². The van der Waals surface area contributed by atoms with E-state index < -0.39 is 0 Å². The van der Waals surface area contributed by atoms with Crippen molar-refractivity contribution in [2.24, 2.45) is 0 Å². The average molecular weight is 391 g/mol. The molecule has 1 aromatic carbocycles. The summed E-state index contributed by atoms with van der Waals surface area (Å²) in [6.45, 7) is 1.18. The lowest BCUT2D eigenvalue weighted by Crippen LogP contribution is -2.52. The van der Waals surface area contributed by atoms with E-state index in [1.165, 1.54) is 0 Å². The summed E-state index contributed by atoms with van der Waals surface area (Å²) >= 11 is 0. The number of aliphatic hydroxyl groups is 1. The number of hydrogen-bond donors (Lipinski definition) is 2. The van der Waals surface area contributed by atoms with Gasteiger partial charge in [0, 0.05) is 43.9 Å². The number of nitrogens with one attached hydrogen (secondary N) is 1. The third-order valence-electron chi connectivity index (χ3n) is 5.48. The molecule has 3 rings (SSSR count). The Bertz CT molecular complexity index is 709. The molecular weight excluding hydrogens is 362 g/mol. The highest BCUT2D eigenvalue weighted by Gasteiger charge is 2.34. The lowest BCUT2D eigenvalue weighted by molar-refractivity contribution is -0.117. The number of carbonyl (C=O) groups is 2. The fourth-order valence-corrected chi connectivity index (χ4v) is 4.02. The van der Waals surface area contributed by atoms with Crippen LogP contribution in [0.5, 0.6) is 11.5 Å². The highest BCUT2D eigenvalue weighted by Crippen LogP contribution is 2.33. The third kappa shape index (κ3) is 4.32. The molecule has 3 amide bonds. The van der Waals surface area contributed by atoms with E-state index in [0.717, 1.165) is 24.9 Å². The van der Waals surface area contributed by atoms with Crippen LogP contribution < -0.4 is 19.7 Å². The molecule has 8 heteroatoms. The first-order chi connectivity index (χ1) is 13.6. The van der Waals surface area contributed by atoms with Crippen molar-refractivity contribution < 1.29 is 24.2 Å². The van der Waals surface area contributed by atoms with Crippen LogP contribution in [0.2, 0.25) is 0 Å². The maximum absolute atomic E-state index is 12.7. The summed E-state index contributed by atoms with van der Waals surface area (Å²) in [6.07, 6.45) is 3.81. The van der Waals surface area contributed by atoms with Crippen molar-refractivity contribution in [2.75, 3.05) is 38.8 Å². The number of aliphatic hydroxyl groups excluding tert-OH is 1. The molecule has 1 aromatic rings. The van der Waals surface area contributed by atoms with Gasteiger partial charge >= 0.3 is 6.03 Å². The Morgan fingerprint density at radius 2 is 2.04 bits per heavy atom. The number of carbonyl (C=O) groups excluding carboxylic acids is 2. The minimum Gasteiger partial charge on any atom is -0.493 e. The first-order valence-corrected chi connectivity index (χ1v) is 9.77. The van der Waals surface area contributed by atoms with E-state index in [9.17, 15) is 14.7 Å². The zero-order valence-corrected chi connectivity index (χ0v) is 16.5. The molecule has 2 fully saturated rings. The standard InChI is InChI=1S/C20H29N3O5/c1-27-17-7-6-16(12-18(17)28-2)23-13-14(11-19(23)25)21-20(26)22-9-4-3-5-15(22)8-10-24/h6-7,12,14-15,24H,3-5,8-11,13H2,1-2H3,(H,21,26). The molecule has 0 aliphatic carbocycles. The Morgan fingerprint density at radius 3 is 2.75 bits per heavy atom. The molecule has 2 saturated heterocycles. The van der Waals surface area contributed by atoms with Gasteiger partial charge in [-0.2, -0.15) is 0 Å². The predicted octanol–water partition coefficient (Wildman–Crippen LogP) is 1.76. The molecule has 154 valence electrons. The van der Waals surface area contributed by atoms with E-state index in [4.69, 9.17) is 9.47 Å². The molecule has 2 aliphatic heterocycles. The number of piperidine rings is 1. The maximum atomic E-state index is 12.7. The topological polar surface area (TPSA) is 91.3 Å². The summed E-state index contributed by atoms with van der Waals surface area (Å²) in [6, 6.07) is 5.02. The largest absolute Gasteiger partial charge is 0.493 e. The number of hydrogen-bond acceptors (Lipinski definition) is 5. The second-order valence-corrected chi connectivity index (χ2v) is 7.25. The molecule has 28 heavy (non-hydrogen) atoms. The summed E-state index contributed by atoms with van der Waals surface area (Å²) in [4.78, 5) is 28.7. The Hall–Kier alpha value is -2.48. The van der Waals surface area contributed by atoms with Crippen molar-refractivity contribution in [3.8, 4) is 11.5 Å². The van der Waals surface area contributed by atoms with E-state index in [1.54, 1.807) is 31.3 Å². The smallest absolute Gasteiger partial charge is 0.317 e. The minimum atomic E-state index is -0.246. The zero-order chi connectivity index (χ0) is 20.1. The number of likely N-dealkylation sites (tertiary alicyclic amines) is 1. The Balaban J connectivity index is 1.65. The molecule has 0 saturated carbocycles. The van der Waals surface area contributed by atoms with Crippen LogP contribution in [-0.4, -0.2) is 67.9 Å². The van der Waals surface area contributed by atoms with Crippen molar-refractivity contribution in [1.29, 1.82) is 0 Å². The monoisotopic (exact) mass is 391 g/mol. The van der Waals surface area contributed by atoms with Crippen LogP contribution in [0.25, 0.3) is 0 Å². The fourth-order valence-electron chi connectivity index (χ4n) is 4.02. The second kappa shape index (κ2) is 9.14. The lowest BCUT2D eigenvalue weighted by Gasteiger charge is -2.36. The molecule has 0 spiro atoms. The number of nitrogens with zero attached hydrogens (tertiary/aromatic N) is 2. The van der Waals surface area contributed by atoms with Gasteiger partial charge in [0.25, 0.3) is 0 Å². The van der Waals surface area contributed by atoms with Crippen LogP contribution in [0.3, 0.4) is 0 Å². The SMILES string of the molecule is COc1ccc(N2CC(NC(=O)N3CCCCC3CCO)CC2=O)cc1OC. The molecule has 0 aromatic heterocycles. The van der Waals surface area contributed by atoms with E-state index >= 15 is 0 Å². The van der Waals surface area contributed by atoms with Gasteiger partial charge in [-0.15, -0.1) is 0 Å². The summed E-state index contributed by atoms with van der Waals surface area (Å²) in [5, 5.41) is 12.3. The molecule has 2 aliphatic rings. The molecule has 8 nitrogen and oxygen atoms in total. The fraction of sp³-hybridized carbons (Fsp3) is 0.600. The van der Waals surface area contributed by atoms with Gasteiger partial charge < -0.3 is 29.7 Å². The van der Waals surface area contributed by atoms with Crippen molar-refractivity contribution in [1.82, 2.24) is 10.2 Å². The van der Waals surface area contributed by atoms with Gasteiger partial charge in [-0.25, -0.2) is 4.79 Å². The number of methoxy groups -OCH3 is 2. The van der Waals surface area contributed by atoms with Crippen molar-refractivity contribution >= 4 is 17.6 Å². The number of benzene rings is 1. The normalized spacial score (nSPS) is 22.3. The number of anilines is 1. The average Bonchev–Trinajstić information content (AvgIpc) is 3.08. The summed E-state index contributed by atoms with van der Waals surface area (Å²) < 4.78 is 10.6. The van der Waals surface area contributed by atoms with Gasteiger partial charge in [-0.1, -0.05) is 0 Å². The van der Waals surface area contributed by atoms with Crippen LogP contribution in [0.4, 0.5) is 10.5 Å². The van der Waals surface area contributed by atoms with E-state index in [0.29, 0.717) is 31.0 Å². The zero-order valence-electron chi connectivity index (χ0n) is 16.5. The highest BCUT2D eigenvalue weighted by atomic mass is 16.5. The van der Waals surface area contributed by atoms with Crippen molar-refractivity contribution in [3.63, 3.8) is 0 Å². The Labute approximate surface area is 165 Å². The molecule has 2 heterocycles. The molecule has 0 radical (unpaired) electrons. The van der Waals surface area contributed by atoms with E-state index in [-0.39, 0.29) is 37.0 Å². The second-order valence-electron chi connectivity index (χ2n) is 7.25. The predicted molar refractivity (Wildman–Crippen MR) is 105 cm³/mol. The molecule has 2 atom stereocenters. The first kappa shape index (κ1) is 20.3. The number of urea groups is 1. The molecule has 0 bridgehead atoms. The van der Waals surface area contributed by atoms with Crippen LogP contribution in [0, 0.1) is 0 Å². The van der Waals surface area contributed by atoms with Gasteiger partial charge in [0.1, 0.15) is 0 Å². The van der Waals surface area contributed by atoms with Crippen LogP contribution in [-0.2, 0) is 4.79 Å². The van der Waals surface area contributed by atoms with Gasteiger partial charge in [0.05, 0.1) is 20.3 Å². The number of ether oxygens (including phenoxy) is 2. The van der Waals surface area contributed by atoms with Crippen LogP contribution in [0.15, 0.2) is 18.2 Å². The van der Waals surface area contributed by atoms with Crippen molar-refractivity contribution in [3.05, 3.63) is 18.2 Å². The van der Waals surface area contributed by atoms with Crippen LogP contribution in [0.1, 0.15) is 32.1 Å². The van der Waals surface area contributed by atoms with Crippen LogP contribution >= 0.6 is 0 Å². The van der Waals surface area contributed by atoms with Crippen molar-refractivity contribution in [2.45, 2.75) is 44.2 Å². The summed E-state index contributed by atoms with van der Waals surface area (Å²) in [5.41, 5.74) is 0.718. The maximum Gasteiger partial charge on any atom is 0.317 e. The Kier molecular flexibility index (Phi) is 6.61. The third-order valence-corrected chi connectivity index (χ3v) is 5.48. The number of rotatable bonds is 6. The molecule has 2 N–H and O–H groups in total. The molecule has 2 unspecified atom stereocenters. The first-order valence-electron chi connectivity index (χ1n) is 9.77. The molecular formula is C20H29N3O5. The van der Waals surface area contributed by atoms with Gasteiger partial charge in [0.2, 0.25) is 5.91 Å². The van der Waals surface area contributed by atoms with Gasteiger partial charge in [-0.3, -0.25) is 4.79 Å². The van der Waals surface area contributed by atoms with E-state index in [2.05, 4.69) is 5.32 Å². The lowest BCUT2D eigenvalue weighted by atomic mass is 10.00. The van der Waals surface area contributed by atoms with Gasteiger partial charge in [0.15, 0.2) is 11.5 Å². The Morgan fingerprint density at radius 1 is 1.25 bits per heavy atom. The highest BCUT2D eigenvalue weighted by molar-refractivity contribution is 5.97. The quantitative estimate of drug-likeness (QED) is 0.771. The minimum absolute atomic E-state index is 0.0388. The summed E-state index contributed by atoms with van der Waals surface area (Å²) in [5.74, 6) is 1.12. The number of amides is 3. The summed E-state index contributed by atoms with van der Waals surface area (Å²) in [7, 11) is 3.12. The van der Waals surface area contributed by atoms with Gasteiger partial charge in [-0.05, 0) is 37.8 Å².